The van der Waals surface area contributed by atoms with Gasteiger partial charge < -0.3 is 10.1 Å². The number of pyridine rings is 1. The lowest BCUT2D eigenvalue weighted by Crippen LogP contribution is -2.51. The van der Waals surface area contributed by atoms with Crippen LogP contribution < -0.4 is 5.32 Å². The monoisotopic (exact) mass is 456 g/mol. The molecule has 33 heavy (non-hydrogen) atoms. The maximum Gasteiger partial charge on any atom is 0.270 e. The summed E-state index contributed by atoms with van der Waals surface area (Å²) in [7, 11) is 1.85. The van der Waals surface area contributed by atoms with Crippen molar-refractivity contribution >= 4 is 5.91 Å². The SMILES string of the molecule is COC[C@H]1CC[C@@H]2C3CC[C@@]4(C)C(CCC4[C@@H](C)NC(=O)c4ccc(F)cn4)[C@@H]3CC[C@@H]2C1. The first-order valence-electron chi connectivity index (χ1n) is 13.3. The molecule has 9 atom stereocenters. The van der Waals surface area contributed by atoms with Crippen molar-refractivity contribution in [2.24, 2.45) is 46.8 Å². The topological polar surface area (TPSA) is 51.2 Å². The summed E-state index contributed by atoms with van der Waals surface area (Å²) in [5.74, 6) is 5.11. The second-order valence-electron chi connectivity index (χ2n) is 11.9. The van der Waals surface area contributed by atoms with E-state index in [-0.39, 0.29) is 11.9 Å². The van der Waals surface area contributed by atoms with Crippen molar-refractivity contribution in [3.63, 3.8) is 0 Å². The standard InChI is InChI=1S/C28H41FN2O2/c1-17(31-27(32)26-11-6-20(29)15-30-26)24-9-10-25-23-8-5-19-14-18(16-33-3)4-7-21(19)22(23)12-13-28(24,25)2/h6,11,15,17-19,21-25H,4-5,7-10,12-14,16H2,1-3H3,(H,31,32)/t17-,18+,19-,21+,22?,23-,24?,25?,28-/m1/s1. The van der Waals surface area contributed by atoms with E-state index in [1.165, 1.54) is 69.9 Å². The highest BCUT2D eigenvalue weighted by atomic mass is 19.1. The number of amides is 1. The fraction of sp³-hybridized carbons (Fsp3) is 0.786. The van der Waals surface area contributed by atoms with Crippen LogP contribution in [-0.2, 0) is 4.74 Å². The summed E-state index contributed by atoms with van der Waals surface area (Å²) in [5.41, 5.74) is 0.610. The summed E-state index contributed by atoms with van der Waals surface area (Å²) in [6, 6.07) is 2.89. The zero-order chi connectivity index (χ0) is 23.2. The molecule has 0 aromatic carbocycles. The second kappa shape index (κ2) is 9.28. The van der Waals surface area contributed by atoms with Gasteiger partial charge in [-0.2, -0.15) is 0 Å². The quantitative estimate of drug-likeness (QED) is 0.603. The third-order valence-corrected chi connectivity index (χ3v) is 10.5. The molecule has 4 fully saturated rings. The van der Waals surface area contributed by atoms with Gasteiger partial charge in [0.2, 0.25) is 0 Å². The van der Waals surface area contributed by atoms with Crippen LogP contribution in [0.1, 0.15) is 82.1 Å². The van der Waals surface area contributed by atoms with E-state index >= 15 is 0 Å². The summed E-state index contributed by atoms with van der Waals surface area (Å²) < 4.78 is 18.7. The molecule has 1 aromatic rings. The Morgan fingerprint density at radius 1 is 1.15 bits per heavy atom. The number of fused-ring (bicyclic) bond motifs is 5. The number of carbonyl (C=O) groups excluding carboxylic acids is 1. The zero-order valence-electron chi connectivity index (χ0n) is 20.6. The van der Waals surface area contributed by atoms with E-state index in [4.69, 9.17) is 4.74 Å². The molecule has 4 saturated carbocycles. The van der Waals surface area contributed by atoms with Crippen LogP contribution in [0, 0.1) is 52.7 Å². The number of hydrogen-bond donors (Lipinski definition) is 1. The van der Waals surface area contributed by atoms with E-state index in [2.05, 4.69) is 24.1 Å². The van der Waals surface area contributed by atoms with Crippen molar-refractivity contribution in [1.82, 2.24) is 10.3 Å². The van der Waals surface area contributed by atoms with Gasteiger partial charge in [0, 0.05) is 19.8 Å². The van der Waals surface area contributed by atoms with Crippen LogP contribution >= 0.6 is 0 Å². The van der Waals surface area contributed by atoms with Crippen LogP contribution in [-0.4, -0.2) is 30.6 Å². The molecule has 0 radical (unpaired) electrons. The summed E-state index contributed by atoms with van der Waals surface area (Å²) >= 11 is 0. The Labute approximate surface area is 198 Å². The third-order valence-electron chi connectivity index (χ3n) is 10.5. The summed E-state index contributed by atoms with van der Waals surface area (Å²) in [6.45, 7) is 5.63. The van der Waals surface area contributed by atoms with Gasteiger partial charge in [0.15, 0.2) is 0 Å². The van der Waals surface area contributed by atoms with E-state index in [0.29, 0.717) is 17.0 Å². The van der Waals surface area contributed by atoms with Gasteiger partial charge in [-0.05, 0) is 124 Å². The van der Waals surface area contributed by atoms with Gasteiger partial charge >= 0.3 is 0 Å². The van der Waals surface area contributed by atoms with Crippen molar-refractivity contribution in [2.75, 3.05) is 13.7 Å². The molecular weight excluding hydrogens is 415 g/mol. The molecule has 1 amide bonds. The Kier molecular flexibility index (Phi) is 6.54. The van der Waals surface area contributed by atoms with E-state index in [1.807, 2.05) is 7.11 Å². The van der Waals surface area contributed by atoms with Gasteiger partial charge in [0.05, 0.1) is 6.20 Å². The Hall–Kier alpha value is -1.49. The molecule has 4 aliphatic rings. The molecule has 3 unspecified atom stereocenters. The molecule has 1 N–H and O–H groups in total. The van der Waals surface area contributed by atoms with Gasteiger partial charge in [-0.25, -0.2) is 9.37 Å². The van der Waals surface area contributed by atoms with Crippen LogP contribution in [0.3, 0.4) is 0 Å². The molecule has 0 bridgehead atoms. The molecule has 5 rings (SSSR count). The van der Waals surface area contributed by atoms with E-state index in [0.717, 1.165) is 48.3 Å². The predicted molar refractivity (Wildman–Crippen MR) is 127 cm³/mol. The van der Waals surface area contributed by atoms with Gasteiger partial charge in [0.25, 0.3) is 5.91 Å². The molecule has 182 valence electrons. The minimum Gasteiger partial charge on any atom is -0.384 e. The van der Waals surface area contributed by atoms with Crippen LogP contribution in [0.2, 0.25) is 0 Å². The summed E-state index contributed by atoms with van der Waals surface area (Å²) in [4.78, 5) is 16.7. The Bertz CT molecular complexity index is 845. The van der Waals surface area contributed by atoms with Gasteiger partial charge in [-0.15, -0.1) is 0 Å². The molecule has 1 aromatic heterocycles. The molecular formula is C28H41FN2O2. The third kappa shape index (κ3) is 4.24. The lowest BCUT2D eigenvalue weighted by Gasteiger charge is -2.56. The van der Waals surface area contributed by atoms with Crippen LogP contribution in [0.4, 0.5) is 4.39 Å². The number of ether oxygens (including phenoxy) is 1. The Morgan fingerprint density at radius 3 is 2.73 bits per heavy atom. The van der Waals surface area contributed by atoms with Crippen molar-refractivity contribution in [3.8, 4) is 0 Å². The number of methoxy groups -OCH3 is 1. The number of aromatic nitrogens is 1. The zero-order valence-corrected chi connectivity index (χ0v) is 20.6. The maximum atomic E-state index is 13.2. The molecule has 0 spiro atoms. The highest BCUT2D eigenvalue weighted by molar-refractivity contribution is 5.92. The van der Waals surface area contributed by atoms with Crippen molar-refractivity contribution < 1.29 is 13.9 Å². The minimum absolute atomic E-state index is 0.108. The largest absolute Gasteiger partial charge is 0.384 e. The number of rotatable bonds is 5. The minimum atomic E-state index is -0.413. The lowest BCUT2D eigenvalue weighted by molar-refractivity contribution is -0.0742. The predicted octanol–water partition coefficient (Wildman–Crippen LogP) is 5.87. The fourth-order valence-corrected chi connectivity index (χ4v) is 9.09. The van der Waals surface area contributed by atoms with Gasteiger partial charge in [0.1, 0.15) is 11.5 Å². The maximum absolute atomic E-state index is 13.2. The second-order valence-corrected chi connectivity index (χ2v) is 11.9. The number of hydrogen-bond acceptors (Lipinski definition) is 3. The Morgan fingerprint density at radius 2 is 1.97 bits per heavy atom. The summed E-state index contributed by atoms with van der Waals surface area (Å²) in [5, 5.41) is 3.21. The number of halogens is 1. The molecule has 5 heteroatoms. The normalized spacial score (nSPS) is 40.9. The molecule has 0 saturated heterocycles. The van der Waals surface area contributed by atoms with Crippen molar-refractivity contribution in [1.29, 1.82) is 0 Å². The highest BCUT2D eigenvalue weighted by Gasteiger charge is 2.57. The molecule has 4 nitrogen and oxygen atoms in total. The van der Waals surface area contributed by atoms with Crippen LogP contribution in [0.5, 0.6) is 0 Å². The smallest absolute Gasteiger partial charge is 0.270 e. The number of carbonyl (C=O) groups is 1. The first kappa shape index (κ1) is 23.3. The fourth-order valence-electron chi connectivity index (χ4n) is 9.09. The lowest BCUT2D eigenvalue weighted by atomic mass is 9.49. The number of nitrogens with zero attached hydrogens (tertiary/aromatic N) is 1. The Balaban J connectivity index is 1.25. The van der Waals surface area contributed by atoms with Gasteiger partial charge in [-0.1, -0.05) is 6.92 Å². The van der Waals surface area contributed by atoms with E-state index in [1.54, 1.807) is 0 Å². The first-order chi connectivity index (χ1) is 15.9. The molecule has 1 heterocycles. The van der Waals surface area contributed by atoms with Gasteiger partial charge in [-0.3, -0.25) is 4.79 Å². The van der Waals surface area contributed by atoms with Crippen LogP contribution in [0.25, 0.3) is 0 Å². The first-order valence-corrected chi connectivity index (χ1v) is 13.3. The van der Waals surface area contributed by atoms with Crippen LogP contribution in [0.15, 0.2) is 18.3 Å². The van der Waals surface area contributed by atoms with Crippen molar-refractivity contribution in [2.45, 2.75) is 77.7 Å². The van der Waals surface area contributed by atoms with E-state index < -0.39 is 5.82 Å². The summed E-state index contributed by atoms with van der Waals surface area (Å²) in [6.07, 6.45) is 13.2. The average molecular weight is 457 g/mol. The highest BCUT2D eigenvalue weighted by Crippen LogP contribution is 2.64. The molecule has 4 aliphatic carbocycles. The molecule has 0 aliphatic heterocycles. The number of nitrogens with one attached hydrogen (secondary N) is 1. The average Bonchev–Trinajstić information content (AvgIpc) is 3.16. The van der Waals surface area contributed by atoms with E-state index in [9.17, 15) is 9.18 Å². The van der Waals surface area contributed by atoms with Crippen molar-refractivity contribution in [3.05, 3.63) is 29.8 Å².